The quantitative estimate of drug-likeness (QED) is 0.449. The van der Waals surface area contributed by atoms with Gasteiger partial charge >= 0.3 is 0 Å². The van der Waals surface area contributed by atoms with E-state index >= 15 is 0 Å². The van der Waals surface area contributed by atoms with E-state index in [2.05, 4.69) is 32.7 Å². The highest BCUT2D eigenvalue weighted by atomic mass is 35.5. The van der Waals surface area contributed by atoms with Crippen molar-refractivity contribution in [2.24, 2.45) is 11.3 Å². The zero-order chi connectivity index (χ0) is 24.1. The number of nitrogens with one attached hydrogen (secondary N) is 1. The van der Waals surface area contributed by atoms with Gasteiger partial charge in [-0.3, -0.25) is 14.6 Å². The lowest BCUT2D eigenvalue weighted by atomic mass is 9.77. The second-order valence-corrected chi connectivity index (χ2v) is 11.6. The van der Waals surface area contributed by atoms with Crippen molar-refractivity contribution in [2.45, 2.75) is 70.4 Å². The van der Waals surface area contributed by atoms with E-state index in [-0.39, 0.29) is 48.1 Å². The maximum absolute atomic E-state index is 13.3. The summed E-state index contributed by atoms with van der Waals surface area (Å²) in [6.45, 7) is 4.39. The smallest absolute Gasteiger partial charge is 0.229 e. The number of hydrogen-bond donors (Lipinski definition) is 1. The number of halogens is 2. The number of aromatic nitrogens is 1. The Bertz CT molecular complexity index is 977. The molecule has 1 aliphatic carbocycles. The molecule has 6 nitrogen and oxygen atoms in total. The summed E-state index contributed by atoms with van der Waals surface area (Å²) in [7, 11) is 0. The molecule has 1 spiro atoms. The van der Waals surface area contributed by atoms with Crippen LogP contribution in [0.2, 0.25) is 0 Å². The molecule has 4 heterocycles. The average Bonchev–Trinajstić information content (AvgIpc) is 3.54. The number of thiophene rings is 1. The topological polar surface area (TPSA) is 65.5 Å². The second kappa shape index (κ2) is 13.9. The third kappa shape index (κ3) is 7.25. The van der Waals surface area contributed by atoms with E-state index in [0.717, 1.165) is 70.3 Å². The highest BCUT2D eigenvalue weighted by molar-refractivity contribution is 7.10. The Balaban J connectivity index is 0.00000190. The lowest BCUT2D eigenvalue weighted by molar-refractivity contribution is -0.139. The molecule has 204 valence electrons. The number of likely N-dealkylation sites (tertiary alicyclic amines) is 2. The molecule has 9 heteroatoms. The van der Waals surface area contributed by atoms with Crippen LogP contribution in [-0.2, 0) is 16.1 Å². The fourth-order valence-corrected chi connectivity index (χ4v) is 6.98. The number of nitrogens with zero attached hydrogens (tertiary/aromatic N) is 3. The average molecular weight is 568 g/mol. The van der Waals surface area contributed by atoms with Crippen LogP contribution in [0.15, 0.2) is 42.0 Å². The van der Waals surface area contributed by atoms with Gasteiger partial charge in [0.05, 0.1) is 11.5 Å². The predicted molar refractivity (Wildman–Crippen MR) is 153 cm³/mol. The van der Waals surface area contributed by atoms with Crippen LogP contribution in [0.25, 0.3) is 0 Å². The monoisotopic (exact) mass is 566 g/mol. The van der Waals surface area contributed by atoms with Crippen LogP contribution in [0.5, 0.6) is 0 Å². The minimum Gasteiger partial charge on any atom is -0.348 e. The van der Waals surface area contributed by atoms with Gasteiger partial charge in [-0.1, -0.05) is 31.4 Å². The van der Waals surface area contributed by atoms with Crippen molar-refractivity contribution in [1.29, 1.82) is 0 Å². The van der Waals surface area contributed by atoms with Gasteiger partial charge in [0.1, 0.15) is 0 Å². The first-order valence-corrected chi connectivity index (χ1v) is 14.3. The molecule has 5 rings (SSSR count). The van der Waals surface area contributed by atoms with Gasteiger partial charge in [0.15, 0.2) is 0 Å². The van der Waals surface area contributed by atoms with E-state index in [1.807, 2.05) is 23.2 Å². The summed E-state index contributed by atoms with van der Waals surface area (Å²) in [6.07, 6.45) is 13.1. The molecule has 0 aromatic carbocycles. The molecular weight excluding hydrogens is 527 g/mol. The van der Waals surface area contributed by atoms with Gasteiger partial charge in [0.25, 0.3) is 0 Å². The molecule has 3 aliphatic rings. The van der Waals surface area contributed by atoms with Crippen LogP contribution in [0, 0.1) is 11.3 Å². The molecule has 3 fully saturated rings. The molecule has 1 atom stereocenters. The zero-order valence-corrected chi connectivity index (χ0v) is 23.9. The van der Waals surface area contributed by atoms with Crippen LogP contribution < -0.4 is 5.32 Å². The lowest BCUT2D eigenvalue weighted by Crippen LogP contribution is -2.45. The number of rotatable bonds is 8. The van der Waals surface area contributed by atoms with Crippen molar-refractivity contribution >= 4 is 48.0 Å². The minimum absolute atomic E-state index is 0. The number of carbonyl (C=O) groups excluding carboxylic acids is 2. The number of carbonyl (C=O) groups is 2. The van der Waals surface area contributed by atoms with Crippen LogP contribution in [-0.4, -0.2) is 52.8 Å². The van der Waals surface area contributed by atoms with Crippen molar-refractivity contribution < 1.29 is 9.59 Å². The summed E-state index contributed by atoms with van der Waals surface area (Å²) in [4.78, 5) is 36.3. The Morgan fingerprint density at radius 1 is 1.08 bits per heavy atom. The number of hydrogen-bond acceptors (Lipinski definition) is 5. The summed E-state index contributed by atoms with van der Waals surface area (Å²) in [5.74, 6) is 0.757. The fourth-order valence-electron chi connectivity index (χ4n) is 6.17. The molecule has 0 bridgehead atoms. The van der Waals surface area contributed by atoms with Gasteiger partial charge < -0.3 is 15.1 Å². The van der Waals surface area contributed by atoms with Gasteiger partial charge in [-0.25, -0.2) is 0 Å². The predicted octanol–water partition coefficient (Wildman–Crippen LogP) is 5.63. The van der Waals surface area contributed by atoms with Gasteiger partial charge in [0.2, 0.25) is 11.8 Å². The minimum atomic E-state index is -0.180. The van der Waals surface area contributed by atoms with Crippen LogP contribution >= 0.6 is 36.2 Å². The molecule has 1 unspecified atom stereocenters. The summed E-state index contributed by atoms with van der Waals surface area (Å²) in [5.41, 5.74) is 0.923. The second-order valence-electron chi connectivity index (χ2n) is 10.7. The van der Waals surface area contributed by atoms with Crippen molar-refractivity contribution in [3.05, 3.63) is 52.5 Å². The summed E-state index contributed by atoms with van der Waals surface area (Å²) >= 11 is 1.73. The van der Waals surface area contributed by atoms with Crippen LogP contribution in [0.3, 0.4) is 0 Å². The molecule has 2 saturated heterocycles. The van der Waals surface area contributed by atoms with E-state index < -0.39 is 0 Å². The number of pyridine rings is 1. The molecule has 2 aromatic rings. The molecule has 1 N–H and O–H groups in total. The van der Waals surface area contributed by atoms with Gasteiger partial charge in [0, 0.05) is 42.8 Å². The summed E-state index contributed by atoms with van der Waals surface area (Å²) < 4.78 is 0. The van der Waals surface area contributed by atoms with E-state index in [1.165, 1.54) is 24.1 Å². The summed E-state index contributed by atoms with van der Waals surface area (Å²) in [5, 5.41) is 5.49. The largest absolute Gasteiger partial charge is 0.348 e. The third-order valence-corrected chi connectivity index (χ3v) is 9.41. The maximum Gasteiger partial charge on any atom is 0.229 e. The van der Waals surface area contributed by atoms with Crippen LogP contribution in [0.1, 0.15) is 74.3 Å². The normalized spacial score (nSPS) is 20.8. The first-order valence-electron chi connectivity index (χ1n) is 13.4. The third-order valence-electron chi connectivity index (χ3n) is 8.42. The lowest BCUT2D eigenvalue weighted by Gasteiger charge is -2.38. The summed E-state index contributed by atoms with van der Waals surface area (Å²) in [6, 6.07) is 8.29. The maximum atomic E-state index is 13.3. The molecule has 0 radical (unpaired) electrons. The number of piperidine rings is 1. The molecule has 1 saturated carbocycles. The standard InChI is InChI=1S/C28H38N4O2S.2ClH/c33-26(23-7-2-1-3-8-23)30-24(25-9-5-19-35-25)10-15-31-16-11-28(12-17-31)13-18-32(27(28)34)21-22-6-4-14-29-20-22;;/h4-6,9,14,19-20,23-24H,1-3,7-8,10-13,15-18,21H2,(H,30,33);2*1H. The van der Waals surface area contributed by atoms with Crippen LogP contribution in [0.4, 0.5) is 0 Å². The highest BCUT2D eigenvalue weighted by Gasteiger charge is 2.47. The van der Waals surface area contributed by atoms with Gasteiger partial charge in [-0.2, -0.15) is 0 Å². The van der Waals surface area contributed by atoms with Crippen molar-refractivity contribution in [1.82, 2.24) is 20.1 Å². The molecule has 2 aromatic heterocycles. The zero-order valence-electron chi connectivity index (χ0n) is 21.5. The molecule has 2 amide bonds. The van der Waals surface area contributed by atoms with E-state index in [9.17, 15) is 9.59 Å². The van der Waals surface area contributed by atoms with Crippen molar-refractivity contribution in [2.75, 3.05) is 26.2 Å². The fraction of sp³-hybridized carbons (Fsp3) is 0.607. The Morgan fingerprint density at radius 3 is 2.51 bits per heavy atom. The van der Waals surface area contributed by atoms with Crippen molar-refractivity contribution in [3.8, 4) is 0 Å². The molecule has 37 heavy (non-hydrogen) atoms. The van der Waals surface area contributed by atoms with E-state index in [0.29, 0.717) is 12.5 Å². The molecular formula is C28H40Cl2N4O2S. The molecule has 2 aliphatic heterocycles. The Hall–Kier alpha value is -1.67. The number of amides is 2. The van der Waals surface area contributed by atoms with E-state index in [4.69, 9.17) is 0 Å². The first-order chi connectivity index (χ1) is 17.1. The SMILES string of the molecule is Cl.Cl.O=C(NC(CCN1CCC2(CC1)CCN(Cc1cccnc1)C2=O)c1cccs1)C1CCCCC1. The Kier molecular flexibility index (Phi) is 11.2. The highest BCUT2D eigenvalue weighted by Crippen LogP contribution is 2.42. The van der Waals surface area contributed by atoms with Gasteiger partial charge in [-0.05, 0) is 74.7 Å². The van der Waals surface area contributed by atoms with E-state index in [1.54, 1.807) is 17.5 Å². The first kappa shape index (κ1) is 29.9. The Morgan fingerprint density at radius 2 is 1.84 bits per heavy atom. The van der Waals surface area contributed by atoms with Crippen molar-refractivity contribution in [3.63, 3.8) is 0 Å². The Labute approximate surface area is 237 Å². The van der Waals surface area contributed by atoms with Gasteiger partial charge in [-0.15, -0.1) is 36.2 Å².